The molecule has 152 valence electrons. The number of allylic oxidation sites excluding steroid dienone is 1. The van der Waals surface area contributed by atoms with Gasteiger partial charge in [0.1, 0.15) is 5.75 Å². The minimum atomic E-state index is -0.492. The first-order valence-electron chi connectivity index (χ1n) is 9.11. The number of carbonyl (C=O) groups is 1. The van der Waals surface area contributed by atoms with Gasteiger partial charge in [0.15, 0.2) is 0 Å². The highest BCUT2D eigenvalue weighted by molar-refractivity contribution is 9.11. The number of benzene rings is 2. The Hall–Kier alpha value is -2.12. The number of likely N-dealkylation sites (N-methyl/N-ethyl adjacent to an activating group) is 1. The van der Waals surface area contributed by atoms with Gasteiger partial charge in [0.05, 0.1) is 21.8 Å². The van der Waals surface area contributed by atoms with Gasteiger partial charge in [-0.05, 0) is 84.6 Å². The summed E-state index contributed by atoms with van der Waals surface area (Å²) in [7, 11) is 2.10. The van der Waals surface area contributed by atoms with E-state index in [0.717, 1.165) is 16.7 Å². The molecule has 0 aromatic heterocycles. The van der Waals surface area contributed by atoms with E-state index in [1.54, 1.807) is 18.3 Å². The molecule has 1 aliphatic rings. The quantitative estimate of drug-likeness (QED) is 0.407. The maximum absolute atomic E-state index is 12.4. The standard InChI is InChI=1S/C22H23Br2N3O2/c1-12-6-19-16(13(2)10-22(3,4)27(19)5)7-14(12)11-25-26-21(29)17-8-15(23)9-18(24)20(17)28/h6-11,28H,1-5H3,(H,26,29)/b25-11-. The summed E-state index contributed by atoms with van der Waals surface area (Å²) in [4.78, 5) is 14.7. The van der Waals surface area contributed by atoms with Gasteiger partial charge in [-0.3, -0.25) is 4.79 Å². The summed E-state index contributed by atoms with van der Waals surface area (Å²) in [5.41, 5.74) is 8.10. The van der Waals surface area contributed by atoms with E-state index in [2.05, 4.69) is 93.3 Å². The lowest BCUT2D eigenvalue weighted by Gasteiger charge is -2.41. The average molecular weight is 521 g/mol. The van der Waals surface area contributed by atoms with Gasteiger partial charge in [0.25, 0.3) is 5.91 Å². The molecular weight excluding hydrogens is 498 g/mol. The summed E-state index contributed by atoms with van der Waals surface area (Å²) in [6, 6.07) is 7.44. The Morgan fingerprint density at radius 3 is 2.59 bits per heavy atom. The van der Waals surface area contributed by atoms with Crippen LogP contribution in [0.1, 0.15) is 47.8 Å². The third-order valence-electron chi connectivity index (χ3n) is 5.25. The summed E-state index contributed by atoms with van der Waals surface area (Å²) in [6.45, 7) is 8.51. The second-order valence-corrected chi connectivity index (χ2v) is 9.52. The summed E-state index contributed by atoms with van der Waals surface area (Å²) in [5, 5.41) is 14.2. The highest BCUT2D eigenvalue weighted by atomic mass is 79.9. The Balaban J connectivity index is 1.86. The number of halogens is 2. The van der Waals surface area contributed by atoms with Gasteiger partial charge in [-0.1, -0.05) is 22.0 Å². The first-order valence-corrected chi connectivity index (χ1v) is 10.7. The number of fused-ring (bicyclic) bond motifs is 1. The van der Waals surface area contributed by atoms with Crippen molar-refractivity contribution in [2.75, 3.05) is 11.9 Å². The predicted octanol–water partition coefficient (Wildman–Crippen LogP) is 5.62. The van der Waals surface area contributed by atoms with E-state index in [0.29, 0.717) is 8.95 Å². The molecule has 2 N–H and O–H groups in total. The van der Waals surface area contributed by atoms with E-state index < -0.39 is 5.91 Å². The van der Waals surface area contributed by atoms with Crippen LogP contribution < -0.4 is 10.3 Å². The molecule has 0 bridgehead atoms. The lowest BCUT2D eigenvalue weighted by molar-refractivity contribution is 0.0952. The second kappa shape index (κ2) is 7.95. The van der Waals surface area contributed by atoms with Crippen molar-refractivity contribution in [3.8, 4) is 5.75 Å². The zero-order valence-electron chi connectivity index (χ0n) is 17.0. The van der Waals surface area contributed by atoms with Crippen LogP contribution in [-0.2, 0) is 0 Å². The van der Waals surface area contributed by atoms with Crippen LogP contribution in [0, 0.1) is 6.92 Å². The van der Waals surface area contributed by atoms with Gasteiger partial charge in [0.2, 0.25) is 0 Å². The maximum Gasteiger partial charge on any atom is 0.275 e. The van der Waals surface area contributed by atoms with Crippen molar-refractivity contribution in [3.63, 3.8) is 0 Å². The number of aryl methyl sites for hydroxylation is 1. The number of phenolic OH excluding ortho intramolecular Hbond substituents is 1. The predicted molar refractivity (Wildman–Crippen MR) is 126 cm³/mol. The molecule has 5 nitrogen and oxygen atoms in total. The molecule has 0 fully saturated rings. The van der Waals surface area contributed by atoms with Crippen molar-refractivity contribution in [2.24, 2.45) is 5.10 Å². The van der Waals surface area contributed by atoms with Gasteiger partial charge < -0.3 is 10.0 Å². The Kier molecular flexibility index (Phi) is 5.92. The van der Waals surface area contributed by atoms with Crippen molar-refractivity contribution < 1.29 is 9.90 Å². The van der Waals surface area contributed by atoms with Crippen molar-refractivity contribution in [1.29, 1.82) is 0 Å². The molecule has 0 unspecified atom stereocenters. The highest BCUT2D eigenvalue weighted by Crippen LogP contribution is 2.39. The zero-order valence-corrected chi connectivity index (χ0v) is 20.1. The number of rotatable bonds is 3. The SMILES string of the molecule is CC1=CC(C)(C)N(C)c2cc(C)c(/C=N\NC(=O)c3cc(Br)cc(Br)c3O)cc21. The van der Waals surface area contributed by atoms with Crippen LogP contribution in [0.2, 0.25) is 0 Å². The first-order chi connectivity index (χ1) is 13.5. The minimum Gasteiger partial charge on any atom is -0.506 e. The van der Waals surface area contributed by atoms with E-state index in [9.17, 15) is 9.90 Å². The van der Waals surface area contributed by atoms with Crippen molar-refractivity contribution >= 4 is 55.2 Å². The molecular formula is C22H23Br2N3O2. The van der Waals surface area contributed by atoms with Crippen molar-refractivity contribution in [1.82, 2.24) is 5.43 Å². The number of hydrogen-bond donors (Lipinski definition) is 2. The van der Waals surface area contributed by atoms with E-state index in [1.165, 1.54) is 11.3 Å². The fourth-order valence-corrected chi connectivity index (χ4v) is 4.64. The largest absolute Gasteiger partial charge is 0.506 e. The van der Waals surface area contributed by atoms with Crippen LogP contribution in [0.4, 0.5) is 5.69 Å². The van der Waals surface area contributed by atoms with Crippen LogP contribution >= 0.6 is 31.9 Å². The number of hydrazone groups is 1. The molecule has 29 heavy (non-hydrogen) atoms. The number of carbonyl (C=O) groups excluding carboxylic acids is 1. The molecule has 7 heteroatoms. The number of amides is 1. The monoisotopic (exact) mass is 519 g/mol. The van der Waals surface area contributed by atoms with E-state index in [-0.39, 0.29) is 16.9 Å². The molecule has 0 aliphatic carbocycles. The third-order valence-corrected chi connectivity index (χ3v) is 6.31. The molecule has 0 saturated heterocycles. The van der Waals surface area contributed by atoms with Crippen LogP contribution in [0.5, 0.6) is 5.75 Å². The van der Waals surface area contributed by atoms with Gasteiger partial charge >= 0.3 is 0 Å². The van der Waals surface area contributed by atoms with Gasteiger partial charge in [-0.15, -0.1) is 0 Å². The maximum atomic E-state index is 12.4. The molecule has 0 saturated carbocycles. The Morgan fingerprint density at radius 1 is 1.21 bits per heavy atom. The number of nitrogens with zero attached hydrogens (tertiary/aromatic N) is 2. The van der Waals surface area contributed by atoms with E-state index >= 15 is 0 Å². The molecule has 3 rings (SSSR count). The van der Waals surface area contributed by atoms with Gasteiger partial charge in [-0.2, -0.15) is 5.10 Å². The molecule has 1 amide bonds. The Morgan fingerprint density at radius 2 is 1.90 bits per heavy atom. The van der Waals surface area contributed by atoms with Crippen LogP contribution in [-0.4, -0.2) is 29.8 Å². The third kappa shape index (κ3) is 4.26. The smallest absolute Gasteiger partial charge is 0.275 e. The zero-order chi connectivity index (χ0) is 21.5. The van der Waals surface area contributed by atoms with Crippen molar-refractivity contribution in [3.05, 3.63) is 61.5 Å². The molecule has 1 aliphatic heterocycles. The van der Waals surface area contributed by atoms with Crippen LogP contribution in [0.15, 0.2) is 44.4 Å². The molecule has 2 aromatic rings. The number of hydrogen-bond acceptors (Lipinski definition) is 4. The van der Waals surface area contributed by atoms with Gasteiger partial charge in [0, 0.05) is 22.8 Å². The molecule has 0 spiro atoms. The summed E-state index contributed by atoms with van der Waals surface area (Å²) in [5.74, 6) is -0.619. The van der Waals surface area contributed by atoms with Crippen LogP contribution in [0.25, 0.3) is 5.57 Å². The summed E-state index contributed by atoms with van der Waals surface area (Å²) < 4.78 is 1.11. The second-order valence-electron chi connectivity index (χ2n) is 7.75. The normalized spacial score (nSPS) is 15.3. The van der Waals surface area contributed by atoms with Crippen LogP contribution in [0.3, 0.4) is 0 Å². The lowest BCUT2D eigenvalue weighted by atomic mass is 9.87. The molecule has 2 aromatic carbocycles. The van der Waals surface area contributed by atoms with Gasteiger partial charge in [-0.25, -0.2) is 5.43 Å². The number of phenols is 1. The number of nitrogens with one attached hydrogen (secondary N) is 1. The summed E-state index contributed by atoms with van der Waals surface area (Å²) >= 11 is 6.54. The minimum absolute atomic E-state index is 0.0483. The fourth-order valence-electron chi connectivity index (χ4n) is 3.42. The molecule has 0 radical (unpaired) electrons. The first kappa shape index (κ1) is 21.6. The molecule has 1 heterocycles. The molecule has 0 atom stereocenters. The highest BCUT2D eigenvalue weighted by Gasteiger charge is 2.28. The van der Waals surface area contributed by atoms with Crippen molar-refractivity contribution in [2.45, 2.75) is 33.2 Å². The van der Waals surface area contributed by atoms with E-state index in [1.807, 2.05) is 6.92 Å². The summed E-state index contributed by atoms with van der Waals surface area (Å²) in [6.07, 6.45) is 3.88. The Bertz CT molecular complexity index is 1060. The number of anilines is 1. The lowest BCUT2D eigenvalue weighted by Crippen LogP contribution is -2.42. The average Bonchev–Trinajstić information content (AvgIpc) is 2.63. The van der Waals surface area contributed by atoms with E-state index in [4.69, 9.17) is 0 Å². The Labute approximate surface area is 187 Å². The fraction of sp³-hybridized carbons (Fsp3) is 0.273. The number of aromatic hydroxyl groups is 1. The topological polar surface area (TPSA) is 64.9 Å².